The molecule has 0 aromatic carbocycles. The van der Waals surface area contributed by atoms with Crippen LogP contribution in [0.1, 0.15) is 57.5 Å². The highest BCUT2D eigenvalue weighted by molar-refractivity contribution is 5.31. The Hall–Kier alpha value is -1.85. The molecule has 2 rings (SSSR count). The van der Waals surface area contributed by atoms with Gasteiger partial charge >= 0.3 is 6.01 Å². The van der Waals surface area contributed by atoms with Crippen LogP contribution in [0.2, 0.25) is 0 Å². The minimum absolute atomic E-state index is 0.135. The van der Waals surface area contributed by atoms with Gasteiger partial charge < -0.3 is 9.73 Å². The second-order valence-corrected chi connectivity index (χ2v) is 6.22. The molecule has 2 aromatic heterocycles. The third-order valence-corrected chi connectivity index (χ3v) is 3.51. The molecule has 6 nitrogen and oxygen atoms in total. The molecule has 0 amide bonds. The molecule has 6 heteroatoms. The van der Waals surface area contributed by atoms with Gasteiger partial charge in [-0.1, -0.05) is 39.7 Å². The summed E-state index contributed by atoms with van der Waals surface area (Å²) in [6.07, 6.45) is 1.87. The van der Waals surface area contributed by atoms with Crippen molar-refractivity contribution < 1.29 is 4.42 Å². The second kappa shape index (κ2) is 5.87. The van der Waals surface area contributed by atoms with Crippen molar-refractivity contribution in [1.82, 2.24) is 20.0 Å². The highest BCUT2D eigenvalue weighted by atomic mass is 16.4. The van der Waals surface area contributed by atoms with E-state index in [1.807, 2.05) is 11.7 Å². The van der Waals surface area contributed by atoms with E-state index in [0.29, 0.717) is 18.5 Å². The van der Waals surface area contributed by atoms with Crippen LogP contribution in [-0.2, 0) is 31.8 Å². The maximum atomic E-state index is 5.66. The van der Waals surface area contributed by atoms with Crippen LogP contribution in [-0.4, -0.2) is 20.0 Å². The molecular weight excluding hydrogens is 266 g/mol. The van der Waals surface area contributed by atoms with Crippen molar-refractivity contribution in [1.29, 1.82) is 0 Å². The fraction of sp³-hybridized carbons (Fsp3) is 0.667. The van der Waals surface area contributed by atoms with Crippen LogP contribution in [0.15, 0.2) is 4.42 Å². The van der Waals surface area contributed by atoms with Gasteiger partial charge in [-0.2, -0.15) is 5.10 Å². The van der Waals surface area contributed by atoms with E-state index >= 15 is 0 Å². The summed E-state index contributed by atoms with van der Waals surface area (Å²) >= 11 is 0. The molecule has 0 aliphatic heterocycles. The molecule has 0 atom stereocenters. The SMILES string of the molecule is CCc1nn(C)c(CC)c1CNc1nnc(C(C)(C)C)o1. The fourth-order valence-corrected chi connectivity index (χ4v) is 2.36. The molecule has 21 heavy (non-hydrogen) atoms. The number of nitrogens with one attached hydrogen (secondary N) is 1. The first-order valence-electron chi connectivity index (χ1n) is 7.48. The van der Waals surface area contributed by atoms with Crippen molar-refractivity contribution >= 4 is 6.01 Å². The van der Waals surface area contributed by atoms with E-state index in [-0.39, 0.29) is 5.41 Å². The Bertz CT molecular complexity index is 606. The molecule has 0 saturated carbocycles. The van der Waals surface area contributed by atoms with Gasteiger partial charge in [0.15, 0.2) is 0 Å². The lowest BCUT2D eigenvalue weighted by Gasteiger charge is -2.11. The molecule has 116 valence electrons. The lowest BCUT2D eigenvalue weighted by atomic mass is 9.97. The summed E-state index contributed by atoms with van der Waals surface area (Å²) in [5.41, 5.74) is 3.47. The largest absolute Gasteiger partial charge is 0.408 e. The Morgan fingerprint density at radius 3 is 2.38 bits per heavy atom. The third-order valence-electron chi connectivity index (χ3n) is 3.51. The minimum atomic E-state index is -0.135. The van der Waals surface area contributed by atoms with Gasteiger partial charge in [0, 0.05) is 30.3 Å². The first-order valence-corrected chi connectivity index (χ1v) is 7.48. The number of anilines is 1. The third kappa shape index (κ3) is 3.25. The monoisotopic (exact) mass is 291 g/mol. The van der Waals surface area contributed by atoms with Crippen LogP contribution in [0.5, 0.6) is 0 Å². The van der Waals surface area contributed by atoms with Crippen LogP contribution in [0.25, 0.3) is 0 Å². The molecular formula is C15H25N5O. The van der Waals surface area contributed by atoms with E-state index in [1.165, 1.54) is 11.3 Å². The van der Waals surface area contributed by atoms with Gasteiger partial charge in [0.1, 0.15) is 0 Å². The zero-order valence-electron chi connectivity index (χ0n) is 13.8. The van der Waals surface area contributed by atoms with Crippen molar-refractivity contribution in [2.75, 3.05) is 5.32 Å². The zero-order valence-corrected chi connectivity index (χ0v) is 13.8. The number of rotatable bonds is 5. The van der Waals surface area contributed by atoms with Gasteiger partial charge in [-0.3, -0.25) is 4.68 Å². The molecule has 0 aliphatic carbocycles. The summed E-state index contributed by atoms with van der Waals surface area (Å²) in [6, 6.07) is 0.466. The zero-order chi connectivity index (χ0) is 15.6. The standard InChI is InChI=1S/C15H25N5O/c1-7-11-10(12(8-2)20(6)19-11)9-16-14-18-17-13(21-14)15(3,4)5/h7-9H2,1-6H3,(H,16,18). The number of hydrogen-bond donors (Lipinski definition) is 1. The Morgan fingerprint density at radius 1 is 1.14 bits per heavy atom. The van der Waals surface area contributed by atoms with Gasteiger partial charge in [0.05, 0.1) is 5.69 Å². The molecule has 2 aromatic rings. The van der Waals surface area contributed by atoms with E-state index in [0.717, 1.165) is 18.5 Å². The Kier molecular flexibility index (Phi) is 4.34. The summed E-state index contributed by atoms with van der Waals surface area (Å²) in [5.74, 6) is 0.641. The van der Waals surface area contributed by atoms with E-state index in [4.69, 9.17) is 4.42 Å². The predicted octanol–water partition coefficient (Wildman–Crippen LogP) is 2.84. The second-order valence-electron chi connectivity index (χ2n) is 6.22. The highest BCUT2D eigenvalue weighted by Crippen LogP contribution is 2.23. The van der Waals surface area contributed by atoms with Gasteiger partial charge in [-0.25, -0.2) is 0 Å². The average molecular weight is 291 g/mol. The van der Waals surface area contributed by atoms with E-state index in [9.17, 15) is 0 Å². The van der Waals surface area contributed by atoms with Crippen LogP contribution >= 0.6 is 0 Å². The van der Waals surface area contributed by atoms with Gasteiger partial charge in [0.2, 0.25) is 5.89 Å². The Morgan fingerprint density at radius 2 is 1.86 bits per heavy atom. The van der Waals surface area contributed by atoms with Gasteiger partial charge in [-0.05, 0) is 12.8 Å². The maximum absolute atomic E-state index is 5.66. The lowest BCUT2D eigenvalue weighted by molar-refractivity contribution is 0.399. The number of aryl methyl sites for hydroxylation is 2. The Labute approximate surface area is 125 Å². The maximum Gasteiger partial charge on any atom is 0.315 e. The van der Waals surface area contributed by atoms with Crippen molar-refractivity contribution in [2.24, 2.45) is 7.05 Å². The van der Waals surface area contributed by atoms with Crippen LogP contribution in [0, 0.1) is 0 Å². The molecule has 0 bridgehead atoms. The summed E-state index contributed by atoms with van der Waals surface area (Å²) in [4.78, 5) is 0. The van der Waals surface area contributed by atoms with E-state index < -0.39 is 0 Å². The van der Waals surface area contributed by atoms with E-state index in [2.05, 4.69) is 55.2 Å². The lowest BCUT2D eigenvalue weighted by Crippen LogP contribution is -2.11. The number of nitrogens with zero attached hydrogens (tertiary/aromatic N) is 4. The van der Waals surface area contributed by atoms with Gasteiger partial charge in [-0.15, -0.1) is 5.10 Å². The molecule has 0 fully saturated rings. The molecule has 0 spiro atoms. The first kappa shape index (κ1) is 15.5. The predicted molar refractivity (Wildman–Crippen MR) is 82.3 cm³/mol. The molecule has 2 heterocycles. The molecule has 0 unspecified atom stereocenters. The topological polar surface area (TPSA) is 68.8 Å². The van der Waals surface area contributed by atoms with Crippen molar-refractivity contribution in [3.8, 4) is 0 Å². The Balaban J connectivity index is 2.15. The van der Waals surface area contributed by atoms with Crippen LogP contribution < -0.4 is 5.32 Å². The fourth-order valence-electron chi connectivity index (χ4n) is 2.36. The molecule has 0 radical (unpaired) electrons. The quantitative estimate of drug-likeness (QED) is 0.917. The van der Waals surface area contributed by atoms with E-state index in [1.54, 1.807) is 0 Å². The van der Waals surface area contributed by atoms with Gasteiger partial charge in [0.25, 0.3) is 0 Å². The number of hydrogen-bond acceptors (Lipinski definition) is 5. The minimum Gasteiger partial charge on any atom is -0.408 e. The summed E-state index contributed by atoms with van der Waals surface area (Å²) < 4.78 is 7.63. The highest BCUT2D eigenvalue weighted by Gasteiger charge is 2.21. The molecule has 0 aliphatic rings. The normalized spacial score (nSPS) is 11.9. The number of aromatic nitrogens is 4. The van der Waals surface area contributed by atoms with Crippen molar-refractivity contribution in [3.05, 3.63) is 22.8 Å². The van der Waals surface area contributed by atoms with Crippen molar-refractivity contribution in [3.63, 3.8) is 0 Å². The first-order chi connectivity index (χ1) is 9.86. The van der Waals surface area contributed by atoms with Crippen molar-refractivity contribution in [2.45, 2.75) is 59.4 Å². The van der Waals surface area contributed by atoms with Crippen LogP contribution in [0.3, 0.4) is 0 Å². The summed E-state index contributed by atoms with van der Waals surface area (Å²) in [5, 5.41) is 15.9. The smallest absolute Gasteiger partial charge is 0.315 e. The summed E-state index contributed by atoms with van der Waals surface area (Å²) in [6.45, 7) is 11.1. The van der Waals surface area contributed by atoms with Crippen LogP contribution in [0.4, 0.5) is 6.01 Å². The average Bonchev–Trinajstić information content (AvgIpc) is 2.99. The summed E-state index contributed by atoms with van der Waals surface area (Å²) in [7, 11) is 1.99. The molecule has 1 N–H and O–H groups in total. The molecule has 0 saturated heterocycles.